The first kappa shape index (κ1) is 12.7. The molecule has 0 aromatic rings. The van der Waals surface area contributed by atoms with Gasteiger partial charge in [0.2, 0.25) is 0 Å². The maximum absolute atomic E-state index is 2.41. The summed E-state index contributed by atoms with van der Waals surface area (Å²) in [7, 11) is 0. The smallest absolute Gasteiger partial charge is 0.0119 e. The Kier molecular flexibility index (Phi) is 5.36. The second kappa shape index (κ2) is 5.47. The van der Waals surface area contributed by atoms with Crippen molar-refractivity contribution in [2.24, 2.45) is 5.41 Å². The molecule has 0 heteroatoms. The van der Waals surface area contributed by atoms with Crippen molar-refractivity contribution in [3.05, 3.63) is 11.1 Å². The fraction of sp³-hybridized carbons (Fsp3) is 0.846. The van der Waals surface area contributed by atoms with Crippen LogP contribution in [0.5, 0.6) is 0 Å². The largest absolute Gasteiger partial charge is 0.0738 e. The van der Waals surface area contributed by atoms with Crippen molar-refractivity contribution in [3.63, 3.8) is 0 Å². The van der Waals surface area contributed by atoms with Gasteiger partial charge in [-0.15, -0.1) is 0 Å². The van der Waals surface area contributed by atoms with Gasteiger partial charge in [0.1, 0.15) is 0 Å². The first-order valence-electron chi connectivity index (χ1n) is 5.77. The Morgan fingerprint density at radius 3 is 2.15 bits per heavy atom. The van der Waals surface area contributed by atoms with Crippen molar-refractivity contribution in [1.82, 2.24) is 0 Å². The summed E-state index contributed by atoms with van der Waals surface area (Å²) in [5.41, 5.74) is 3.83. The van der Waals surface area contributed by atoms with Gasteiger partial charge in [0.25, 0.3) is 0 Å². The third-order valence-electron chi connectivity index (χ3n) is 3.61. The fourth-order valence-electron chi connectivity index (χ4n) is 2.08. The van der Waals surface area contributed by atoms with Crippen LogP contribution in [0.1, 0.15) is 67.2 Å². The van der Waals surface area contributed by atoms with Crippen LogP contribution in [0.3, 0.4) is 0 Å². The van der Waals surface area contributed by atoms with Crippen molar-refractivity contribution < 1.29 is 0 Å². The molecule has 0 radical (unpaired) electrons. The van der Waals surface area contributed by atoms with Gasteiger partial charge in [-0.2, -0.15) is 0 Å². The van der Waals surface area contributed by atoms with Crippen LogP contribution in [0.2, 0.25) is 0 Å². The van der Waals surface area contributed by atoms with E-state index in [-0.39, 0.29) is 0 Å². The van der Waals surface area contributed by atoms with Gasteiger partial charge in [-0.1, -0.05) is 38.8 Å². The number of hydrogen-bond donors (Lipinski definition) is 0. The third-order valence-corrected chi connectivity index (χ3v) is 3.61. The van der Waals surface area contributed by atoms with E-state index < -0.39 is 0 Å². The van der Waals surface area contributed by atoms with E-state index in [9.17, 15) is 0 Å². The van der Waals surface area contributed by atoms with Crippen LogP contribution in [-0.4, -0.2) is 0 Å². The summed E-state index contributed by atoms with van der Waals surface area (Å²) in [5, 5.41) is 0. The molecule has 1 aliphatic rings. The van der Waals surface area contributed by atoms with Gasteiger partial charge in [0, 0.05) is 0 Å². The van der Waals surface area contributed by atoms with Gasteiger partial charge in [-0.05, 0) is 44.9 Å². The Morgan fingerprint density at radius 2 is 1.77 bits per heavy atom. The van der Waals surface area contributed by atoms with E-state index in [0.29, 0.717) is 5.41 Å². The third kappa shape index (κ3) is 2.86. The lowest BCUT2D eigenvalue weighted by molar-refractivity contribution is 0.318. The highest BCUT2D eigenvalue weighted by Gasteiger charge is 2.27. The lowest BCUT2D eigenvalue weighted by Gasteiger charge is -2.35. The SMILES string of the molecule is CC.CCC1(C)CCCC(C)=C1C. The predicted octanol–water partition coefficient (Wildman–Crippen LogP) is 4.95. The zero-order valence-electron chi connectivity index (χ0n) is 10.3. The molecule has 0 aromatic carbocycles. The summed E-state index contributed by atoms with van der Waals surface area (Å²) in [6.45, 7) is 13.3. The maximum atomic E-state index is 2.41. The van der Waals surface area contributed by atoms with E-state index in [0.717, 1.165) is 0 Å². The average Bonchev–Trinajstić information content (AvgIpc) is 2.17. The van der Waals surface area contributed by atoms with Crippen molar-refractivity contribution in [1.29, 1.82) is 0 Å². The molecule has 1 rings (SSSR count). The van der Waals surface area contributed by atoms with E-state index in [2.05, 4.69) is 27.7 Å². The van der Waals surface area contributed by atoms with Gasteiger partial charge in [0.15, 0.2) is 0 Å². The van der Waals surface area contributed by atoms with Gasteiger partial charge in [0.05, 0.1) is 0 Å². The molecular weight excluding hydrogens is 156 g/mol. The molecule has 0 N–H and O–H groups in total. The Hall–Kier alpha value is -0.260. The van der Waals surface area contributed by atoms with Crippen LogP contribution < -0.4 is 0 Å². The topological polar surface area (TPSA) is 0 Å². The Labute approximate surface area is 84.4 Å². The Balaban J connectivity index is 0.000000671. The molecule has 0 saturated heterocycles. The van der Waals surface area contributed by atoms with E-state index in [1.54, 1.807) is 11.1 Å². The zero-order chi connectivity index (χ0) is 10.5. The molecule has 1 aliphatic carbocycles. The standard InChI is InChI=1S/C11H20.C2H6/c1-5-11(4)8-6-7-9(2)10(11)3;1-2/h5-8H2,1-4H3;1-2H3. The van der Waals surface area contributed by atoms with Crippen LogP contribution in [0.4, 0.5) is 0 Å². The van der Waals surface area contributed by atoms with Crippen molar-refractivity contribution in [2.45, 2.75) is 67.2 Å². The quantitative estimate of drug-likeness (QED) is 0.503. The summed E-state index contributed by atoms with van der Waals surface area (Å²) in [5.74, 6) is 0. The van der Waals surface area contributed by atoms with Crippen LogP contribution in [0.15, 0.2) is 11.1 Å². The lowest BCUT2D eigenvalue weighted by atomic mass is 9.70. The van der Waals surface area contributed by atoms with Gasteiger partial charge >= 0.3 is 0 Å². The second-order valence-electron chi connectivity index (χ2n) is 4.17. The normalized spacial score (nSPS) is 28.2. The molecule has 0 aromatic heterocycles. The monoisotopic (exact) mass is 182 g/mol. The molecule has 0 heterocycles. The Morgan fingerprint density at radius 1 is 1.23 bits per heavy atom. The first-order valence-corrected chi connectivity index (χ1v) is 5.77. The highest BCUT2D eigenvalue weighted by atomic mass is 14.3. The van der Waals surface area contributed by atoms with Gasteiger partial charge in [-0.25, -0.2) is 0 Å². The summed E-state index contributed by atoms with van der Waals surface area (Å²) < 4.78 is 0. The molecule has 0 nitrogen and oxygen atoms in total. The average molecular weight is 182 g/mol. The highest BCUT2D eigenvalue weighted by molar-refractivity contribution is 5.20. The number of hydrogen-bond acceptors (Lipinski definition) is 0. The molecule has 0 amide bonds. The summed E-state index contributed by atoms with van der Waals surface area (Å²) in [6, 6.07) is 0. The van der Waals surface area contributed by atoms with Crippen LogP contribution >= 0.6 is 0 Å². The fourth-order valence-corrected chi connectivity index (χ4v) is 2.08. The zero-order valence-corrected chi connectivity index (χ0v) is 10.3. The minimum absolute atomic E-state index is 0.530. The molecule has 0 bridgehead atoms. The molecule has 0 fully saturated rings. The molecule has 0 spiro atoms. The molecule has 78 valence electrons. The van der Waals surface area contributed by atoms with Crippen LogP contribution in [-0.2, 0) is 0 Å². The maximum Gasteiger partial charge on any atom is -0.0119 e. The molecule has 0 saturated carbocycles. The molecule has 1 unspecified atom stereocenters. The van der Waals surface area contributed by atoms with E-state index in [4.69, 9.17) is 0 Å². The van der Waals surface area contributed by atoms with Crippen molar-refractivity contribution in [2.75, 3.05) is 0 Å². The van der Waals surface area contributed by atoms with E-state index in [1.165, 1.54) is 25.7 Å². The molecular formula is C13H26. The highest BCUT2D eigenvalue weighted by Crippen LogP contribution is 2.42. The molecule has 13 heavy (non-hydrogen) atoms. The predicted molar refractivity (Wildman–Crippen MR) is 62.0 cm³/mol. The molecule has 1 atom stereocenters. The summed E-state index contributed by atoms with van der Waals surface area (Å²) in [4.78, 5) is 0. The minimum Gasteiger partial charge on any atom is -0.0738 e. The Bertz CT molecular complexity index is 176. The van der Waals surface area contributed by atoms with Crippen LogP contribution in [0.25, 0.3) is 0 Å². The van der Waals surface area contributed by atoms with Gasteiger partial charge < -0.3 is 0 Å². The minimum atomic E-state index is 0.530. The number of rotatable bonds is 1. The number of allylic oxidation sites excluding steroid dienone is 2. The van der Waals surface area contributed by atoms with E-state index in [1.807, 2.05) is 13.8 Å². The lowest BCUT2D eigenvalue weighted by Crippen LogP contribution is -2.21. The second-order valence-corrected chi connectivity index (χ2v) is 4.17. The van der Waals surface area contributed by atoms with Crippen molar-refractivity contribution >= 4 is 0 Å². The summed E-state index contributed by atoms with van der Waals surface area (Å²) in [6.07, 6.45) is 5.43. The van der Waals surface area contributed by atoms with Gasteiger partial charge in [-0.3, -0.25) is 0 Å². The van der Waals surface area contributed by atoms with Crippen LogP contribution in [0, 0.1) is 5.41 Å². The first-order chi connectivity index (χ1) is 6.10. The van der Waals surface area contributed by atoms with Crippen molar-refractivity contribution in [3.8, 4) is 0 Å². The summed E-state index contributed by atoms with van der Waals surface area (Å²) >= 11 is 0. The molecule has 0 aliphatic heterocycles. The van der Waals surface area contributed by atoms with E-state index >= 15 is 0 Å².